The van der Waals surface area contributed by atoms with Gasteiger partial charge in [-0.15, -0.1) is 22.7 Å². The Labute approximate surface area is 108 Å². The van der Waals surface area contributed by atoms with E-state index in [1.165, 1.54) is 9.75 Å². The van der Waals surface area contributed by atoms with E-state index in [1.54, 1.807) is 22.7 Å². The van der Waals surface area contributed by atoms with Gasteiger partial charge in [0.1, 0.15) is 0 Å². The third-order valence-electron chi connectivity index (χ3n) is 2.22. The molecule has 0 aliphatic rings. The van der Waals surface area contributed by atoms with E-state index in [0.717, 1.165) is 28.1 Å². The van der Waals surface area contributed by atoms with Gasteiger partial charge in [-0.05, 0) is 26.0 Å². The zero-order valence-corrected chi connectivity index (χ0v) is 11.6. The Morgan fingerprint density at radius 1 is 1.25 bits per heavy atom. The number of aromatic nitrogens is 1. The molecule has 2 nitrogen and oxygen atoms in total. The lowest BCUT2D eigenvalue weighted by atomic mass is 10.3. The quantitative estimate of drug-likeness (QED) is 0.917. The van der Waals surface area contributed by atoms with Crippen molar-refractivity contribution in [3.05, 3.63) is 36.9 Å². The van der Waals surface area contributed by atoms with Crippen LogP contribution in [0.2, 0.25) is 4.34 Å². The summed E-state index contributed by atoms with van der Waals surface area (Å²) in [4.78, 5) is 7.04. The van der Waals surface area contributed by atoms with Crippen molar-refractivity contribution in [3.8, 4) is 0 Å². The van der Waals surface area contributed by atoms with E-state index in [4.69, 9.17) is 11.6 Å². The van der Waals surface area contributed by atoms with Crippen LogP contribution in [0.1, 0.15) is 20.5 Å². The molecule has 1 N–H and O–H groups in total. The van der Waals surface area contributed by atoms with Crippen LogP contribution in [0.3, 0.4) is 0 Å². The van der Waals surface area contributed by atoms with Crippen LogP contribution >= 0.6 is 34.3 Å². The van der Waals surface area contributed by atoms with Gasteiger partial charge in [-0.2, -0.15) is 0 Å². The zero-order valence-electron chi connectivity index (χ0n) is 9.21. The van der Waals surface area contributed by atoms with Crippen LogP contribution in [0.4, 0.5) is 0 Å². The van der Waals surface area contributed by atoms with E-state index in [2.05, 4.69) is 23.3 Å². The van der Waals surface area contributed by atoms with Crippen molar-refractivity contribution < 1.29 is 0 Å². The molecule has 0 aliphatic heterocycles. The molecule has 2 aromatic rings. The number of aryl methyl sites for hydroxylation is 2. The first kappa shape index (κ1) is 12.0. The minimum absolute atomic E-state index is 0.825. The number of hydrogen-bond donors (Lipinski definition) is 1. The van der Waals surface area contributed by atoms with Crippen molar-refractivity contribution >= 4 is 34.3 Å². The summed E-state index contributed by atoms with van der Waals surface area (Å²) >= 11 is 9.23. The molecule has 5 heteroatoms. The molecule has 0 aromatic carbocycles. The van der Waals surface area contributed by atoms with Crippen LogP contribution in [-0.4, -0.2) is 4.98 Å². The summed E-state index contributed by atoms with van der Waals surface area (Å²) in [5, 5.41) is 4.51. The molecule has 0 saturated carbocycles. The van der Waals surface area contributed by atoms with Crippen LogP contribution in [0.25, 0.3) is 0 Å². The molecule has 0 saturated heterocycles. The van der Waals surface area contributed by atoms with Crippen molar-refractivity contribution in [2.45, 2.75) is 26.9 Å². The van der Waals surface area contributed by atoms with E-state index in [0.29, 0.717) is 0 Å². The van der Waals surface area contributed by atoms with Crippen molar-refractivity contribution in [1.29, 1.82) is 0 Å². The van der Waals surface area contributed by atoms with E-state index in [9.17, 15) is 0 Å². The minimum atomic E-state index is 0.825. The summed E-state index contributed by atoms with van der Waals surface area (Å²) in [5.41, 5.74) is 1.16. The molecule has 86 valence electrons. The van der Waals surface area contributed by atoms with Gasteiger partial charge in [0.25, 0.3) is 0 Å². The average Bonchev–Trinajstić information content (AvgIpc) is 2.74. The highest BCUT2D eigenvalue weighted by Crippen LogP contribution is 2.21. The van der Waals surface area contributed by atoms with Gasteiger partial charge >= 0.3 is 0 Å². The van der Waals surface area contributed by atoms with Gasteiger partial charge in [0.2, 0.25) is 0 Å². The molecule has 0 aliphatic carbocycles. The standard InChI is InChI=1S/C11H13ClN2S2/c1-7-10(14-8(2)15-7)6-13-5-9-3-4-11(12)16-9/h3-4,13H,5-6H2,1-2H3. The Bertz CT molecular complexity index is 476. The van der Waals surface area contributed by atoms with Gasteiger partial charge in [-0.1, -0.05) is 11.6 Å². The maximum Gasteiger partial charge on any atom is 0.0931 e. The number of hydrogen-bond acceptors (Lipinski definition) is 4. The third-order valence-corrected chi connectivity index (χ3v) is 4.38. The number of thiophene rings is 1. The molecule has 16 heavy (non-hydrogen) atoms. The topological polar surface area (TPSA) is 24.9 Å². The maximum absolute atomic E-state index is 5.86. The molecule has 0 bridgehead atoms. The van der Waals surface area contributed by atoms with E-state index in [-0.39, 0.29) is 0 Å². The fourth-order valence-electron chi connectivity index (χ4n) is 1.49. The Kier molecular flexibility index (Phi) is 3.97. The summed E-state index contributed by atoms with van der Waals surface area (Å²) < 4.78 is 0.845. The predicted molar refractivity (Wildman–Crippen MR) is 71.5 cm³/mol. The summed E-state index contributed by atoms with van der Waals surface area (Å²) in [6.07, 6.45) is 0. The smallest absolute Gasteiger partial charge is 0.0931 e. The van der Waals surface area contributed by atoms with Gasteiger partial charge in [0.05, 0.1) is 15.0 Å². The Balaban J connectivity index is 1.86. The lowest BCUT2D eigenvalue weighted by molar-refractivity contribution is 0.686. The van der Waals surface area contributed by atoms with Gasteiger partial charge in [-0.3, -0.25) is 0 Å². The Hall–Kier alpha value is -0.420. The molecule has 0 unspecified atom stereocenters. The molecule has 0 atom stereocenters. The first-order valence-electron chi connectivity index (χ1n) is 5.03. The SMILES string of the molecule is Cc1nc(CNCc2ccc(Cl)s2)c(C)s1. The van der Waals surface area contributed by atoms with Crippen LogP contribution in [-0.2, 0) is 13.1 Å². The minimum Gasteiger partial charge on any atom is -0.306 e. The number of halogens is 1. The second-order valence-corrected chi connectivity index (χ2v) is 6.75. The fraction of sp³-hybridized carbons (Fsp3) is 0.364. The molecular formula is C11H13ClN2S2. The lowest BCUT2D eigenvalue weighted by Crippen LogP contribution is -2.12. The molecule has 0 fully saturated rings. The highest BCUT2D eigenvalue weighted by molar-refractivity contribution is 7.16. The number of nitrogens with one attached hydrogen (secondary N) is 1. The average molecular weight is 273 g/mol. The van der Waals surface area contributed by atoms with Crippen LogP contribution < -0.4 is 5.32 Å². The van der Waals surface area contributed by atoms with Gasteiger partial charge < -0.3 is 5.32 Å². The van der Waals surface area contributed by atoms with E-state index >= 15 is 0 Å². The van der Waals surface area contributed by atoms with Crippen molar-refractivity contribution in [3.63, 3.8) is 0 Å². The summed E-state index contributed by atoms with van der Waals surface area (Å²) in [6, 6.07) is 3.99. The fourth-order valence-corrected chi connectivity index (χ4v) is 3.38. The normalized spacial score (nSPS) is 10.9. The Morgan fingerprint density at radius 3 is 2.62 bits per heavy atom. The first-order chi connectivity index (χ1) is 7.65. The molecule has 2 heterocycles. The molecule has 0 spiro atoms. The number of rotatable bonds is 4. The van der Waals surface area contributed by atoms with Crippen molar-refractivity contribution in [2.75, 3.05) is 0 Å². The largest absolute Gasteiger partial charge is 0.306 e. The molecule has 2 aromatic heterocycles. The number of nitrogens with zero attached hydrogens (tertiary/aromatic N) is 1. The van der Waals surface area contributed by atoms with Crippen molar-refractivity contribution in [1.82, 2.24) is 10.3 Å². The van der Waals surface area contributed by atoms with Gasteiger partial charge in [-0.25, -0.2) is 4.98 Å². The lowest BCUT2D eigenvalue weighted by Gasteiger charge is -2.00. The summed E-state index contributed by atoms with van der Waals surface area (Å²) in [6.45, 7) is 5.84. The monoisotopic (exact) mass is 272 g/mol. The van der Waals surface area contributed by atoms with Crippen molar-refractivity contribution in [2.24, 2.45) is 0 Å². The van der Waals surface area contributed by atoms with E-state index in [1.807, 2.05) is 13.0 Å². The molecular weight excluding hydrogens is 260 g/mol. The zero-order chi connectivity index (χ0) is 11.5. The summed E-state index contributed by atoms with van der Waals surface area (Å²) in [5.74, 6) is 0. The predicted octanol–water partition coefficient (Wildman–Crippen LogP) is 3.76. The molecule has 0 amide bonds. The highest BCUT2D eigenvalue weighted by Gasteiger charge is 2.04. The third kappa shape index (κ3) is 3.04. The van der Waals surface area contributed by atoms with Crippen LogP contribution in [0, 0.1) is 13.8 Å². The summed E-state index contributed by atoms with van der Waals surface area (Å²) in [7, 11) is 0. The highest BCUT2D eigenvalue weighted by atomic mass is 35.5. The number of thiazole rings is 1. The second-order valence-electron chi connectivity index (χ2n) is 3.55. The maximum atomic E-state index is 5.86. The van der Waals surface area contributed by atoms with Crippen LogP contribution in [0.15, 0.2) is 12.1 Å². The van der Waals surface area contributed by atoms with E-state index < -0.39 is 0 Å². The van der Waals surface area contributed by atoms with Crippen LogP contribution in [0.5, 0.6) is 0 Å². The molecule has 2 rings (SSSR count). The second kappa shape index (κ2) is 5.27. The van der Waals surface area contributed by atoms with Gasteiger partial charge in [0, 0.05) is 22.8 Å². The van der Waals surface area contributed by atoms with Gasteiger partial charge in [0.15, 0.2) is 0 Å². The first-order valence-corrected chi connectivity index (χ1v) is 7.04. The Morgan fingerprint density at radius 2 is 2.06 bits per heavy atom. The molecule has 0 radical (unpaired) electrons.